The van der Waals surface area contributed by atoms with Crippen molar-refractivity contribution in [2.75, 3.05) is 13.7 Å². The lowest BCUT2D eigenvalue weighted by Crippen LogP contribution is -2.46. The zero-order chi connectivity index (χ0) is 12.8. The molecule has 5 heteroatoms. The summed E-state index contributed by atoms with van der Waals surface area (Å²) in [6, 6.07) is -0.220. The van der Waals surface area contributed by atoms with Crippen LogP contribution in [-0.2, 0) is 9.47 Å². The van der Waals surface area contributed by atoms with Crippen LogP contribution in [0.25, 0.3) is 0 Å². The molecule has 16 heavy (non-hydrogen) atoms. The first-order valence-electron chi connectivity index (χ1n) is 5.55. The second-order valence-electron chi connectivity index (χ2n) is 4.73. The van der Waals surface area contributed by atoms with Crippen LogP contribution in [0.15, 0.2) is 0 Å². The minimum absolute atomic E-state index is 0.0464. The standard InChI is InChI=1S/C11H24N2O3/c1-6-9(15-5)8(12)7-13-10(14)16-11(2,3)4/h8-9H,6-7,12H2,1-5H3,(H,13,14). The quantitative estimate of drug-likeness (QED) is 0.748. The van der Waals surface area contributed by atoms with Crippen LogP contribution in [0, 0.1) is 0 Å². The molecule has 0 aromatic heterocycles. The van der Waals surface area contributed by atoms with Gasteiger partial charge in [-0.3, -0.25) is 0 Å². The van der Waals surface area contributed by atoms with Crippen LogP contribution < -0.4 is 11.1 Å². The third-order valence-corrected chi connectivity index (χ3v) is 2.06. The number of ether oxygens (including phenoxy) is 2. The van der Waals surface area contributed by atoms with Gasteiger partial charge < -0.3 is 20.5 Å². The van der Waals surface area contributed by atoms with Gasteiger partial charge in [0.15, 0.2) is 0 Å². The molecule has 2 unspecified atom stereocenters. The molecule has 0 saturated carbocycles. The minimum Gasteiger partial charge on any atom is -0.444 e. The maximum Gasteiger partial charge on any atom is 0.407 e. The average Bonchev–Trinajstić information content (AvgIpc) is 2.14. The highest BCUT2D eigenvalue weighted by Gasteiger charge is 2.19. The van der Waals surface area contributed by atoms with Crippen molar-refractivity contribution in [1.82, 2.24) is 5.32 Å². The van der Waals surface area contributed by atoms with E-state index in [1.807, 2.05) is 27.7 Å². The number of nitrogens with one attached hydrogen (secondary N) is 1. The van der Waals surface area contributed by atoms with Crippen LogP contribution in [0.3, 0.4) is 0 Å². The van der Waals surface area contributed by atoms with Crippen molar-refractivity contribution in [1.29, 1.82) is 0 Å². The fourth-order valence-corrected chi connectivity index (χ4v) is 1.29. The first-order valence-corrected chi connectivity index (χ1v) is 5.55. The van der Waals surface area contributed by atoms with E-state index in [2.05, 4.69) is 5.32 Å². The van der Waals surface area contributed by atoms with Gasteiger partial charge in [0.25, 0.3) is 0 Å². The number of alkyl carbamates (subject to hydrolysis) is 1. The number of hydrogen-bond acceptors (Lipinski definition) is 4. The number of rotatable bonds is 5. The monoisotopic (exact) mass is 232 g/mol. The Labute approximate surface area is 97.7 Å². The molecule has 0 fully saturated rings. The first kappa shape index (κ1) is 15.2. The Bertz CT molecular complexity index is 210. The van der Waals surface area contributed by atoms with E-state index in [9.17, 15) is 4.79 Å². The van der Waals surface area contributed by atoms with E-state index in [-0.39, 0.29) is 12.1 Å². The smallest absolute Gasteiger partial charge is 0.407 e. The molecule has 0 bridgehead atoms. The molecule has 0 spiro atoms. The molecule has 2 atom stereocenters. The number of hydrogen-bond donors (Lipinski definition) is 2. The van der Waals surface area contributed by atoms with Gasteiger partial charge in [-0.05, 0) is 27.2 Å². The van der Waals surface area contributed by atoms with Gasteiger partial charge in [0.1, 0.15) is 5.60 Å². The number of carbonyl (C=O) groups excluding carboxylic acids is 1. The Morgan fingerprint density at radius 1 is 1.44 bits per heavy atom. The molecule has 0 aliphatic rings. The Morgan fingerprint density at radius 3 is 2.38 bits per heavy atom. The lowest BCUT2D eigenvalue weighted by Gasteiger charge is -2.23. The molecule has 0 heterocycles. The van der Waals surface area contributed by atoms with Gasteiger partial charge in [0.05, 0.1) is 6.10 Å². The molecule has 5 nitrogen and oxygen atoms in total. The Morgan fingerprint density at radius 2 is 2.00 bits per heavy atom. The average molecular weight is 232 g/mol. The van der Waals surface area contributed by atoms with Crippen LogP contribution >= 0.6 is 0 Å². The molecule has 0 aliphatic carbocycles. The fraction of sp³-hybridized carbons (Fsp3) is 0.909. The highest BCUT2D eigenvalue weighted by atomic mass is 16.6. The Kier molecular flexibility index (Phi) is 6.36. The highest BCUT2D eigenvalue weighted by molar-refractivity contribution is 5.67. The topological polar surface area (TPSA) is 73.6 Å². The Balaban J connectivity index is 3.92. The van der Waals surface area contributed by atoms with Crippen molar-refractivity contribution in [3.63, 3.8) is 0 Å². The molecule has 0 radical (unpaired) electrons. The van der Waals surface area contributed by atoms with Gasteiger partial charge in [-0.15, -0.1) is 0 Å². The normalized spacial score (nSPS) is 15.4. The molecule has 0 aliphatic heterocycles. The lowest BCUT2D eigenvalue weighted by atomic mass is 10.1. The largest absolute Gasteiger partial charge is 0.444 e. The number of amides is 1. The van der Waals surface area contributed by atoms with E-state index >= 15 is 0 Å². The summed E-state index contributed by atoms with van der Waals surface area (Å²) in [7, 11) is 1.61. The van der Waals surface area contributed by atoms with Crippen molar-refractivity contribution in [3.8, 4) is 0 Å². The van der Waals surface area contributed by atoms with Gasteiger partial charge >= 0.3 is 6.09 Å². The number of nitrogens with two attached hydrogens (primary N) is 1. The van der Waals surface area contributed by atoms with E-state index < -0.39 is 11.7 Å². The summed E-state index contributed by atoms with van der Waals surface area (Å²) in [5, 5.41) is 2.62. The summed E-state index contributed by atoms with van der Waals surface area (Å²) in [5.74, 6) is 0. The SMILES string of the molecule is CCC(OC)C(N)CNC(=O)OC(C)(C)C. The fourth-order valence-electron chi connectivity index (χ4n) is 1.29. The van der Waals surface area contributed by atoms with Crippen LogP contribution in [-0.4, -0.2) is 37.5 Å². The van der Waals surface area contributed by atoms with Gasteiger partial charge in [-0.2, -0.15) is 0 Å². The molecule has 3 N–H and O–H groups in total. The second-order valence-corrected chi connectivity index (χ2v) is 4.73. The highest BCUT2D eigenvalue weighted by Crippen LogP contribution is 2.06. The van der Waals surface area contributed by atoms with Gasteiger partial charge in [-0.1, -0.05) is 6.92 Å². The molecule has 0 rings (SSSR count). The summed E-state index contributed by atoms with van der Waals surface area (Å²) in [6.45, 7) is 7.78. The molecule has 96 valence electrons. The maximum atomic E-state index is 11.3. The minimum atomic E-state index is -0.487. The van der Waals surface area contributed by atoms with E-state index in [0.29, 0.717) is 6.54 Å². The third-order valence-electron chi connectivity index (χ3n) is 2.06. The molecular weight excluding hydrogens is 208 g/mol. The zero-order valence-corrected chi connectivity index (χ0v) is 10.9. The van der Waals surface area contributed by atoms with Crippen LogP contribution in [0.2, 0.25) is 0 Å². The van der Waals surface area contributed by atoms with Gasteiger partial charge in [0.2, 0.25) is 0 Å². The molecular formula is C11H24N2O3. The molecule has 1 amide bonds. The zero-order valence-electron chi connectivity index (χ0n) is 10.9. The summed E-state index contributed by atoms with van der Waals surface area (Å²) >= 11 is 0. The van der Waals surface area contributed by atoms with Crippen LogP contribution in [0.1, 0.15) is 34.1 Å². The van der Waals surface area contributed by atoms with E-state index in [1.54, 1.807) is 7.11 Å². The van der Waals surface area contributed by atoms with E-state index in [4.69, 9.17) is 15.2 Å². The number of methoxy groups -OCH3 is 1. The summed E-state index contributed by atoms with van der Waals surface area (Å²) in [4.78, 5) is 11.3. The van der Waals surface area contributed by atoms with Crippen molar-refractivity contribution >= 4 is 6.09 Å². The maximum absolute atomic E-state index is 11.3. The molecule has 0 aromatic rings. The Hall–Kier alpha value is -0.810. The van der Waals surface area contributed by atoms with Crippen molar-refractivity contribution < 1.29 is 14.3 Å². The van der Waals surface area contributed by atoms with E-state index in [1.165, 1.54) is 0 Å². The second kappa shape index (κ2) is 6.70. The van der Waals surface area contributed by atoms with Gasteiger partial charge in [-0.25, -0.2) is 4.79 Å². The lowest BCUT2D eigenvalue weighted by molar-refractivity contribution is 0.0480. The van der Waals surface area contributed by atoms with Crippen molar-refractivity contribution in [2.45, 2.75) is 51.9 Å². The molecule has 0 aromatic carbocycles. The first-order chi connectivity index (χ1) is 7.30. The summed E-state index contributed by atoms with van der Waals surface area (Å²) in [5.41, 5.74) is 5.37. The number of carbonyl (C=O) groups is 1. The van der Waals surface area contributed by atoms with Crippen molar-refractivity contribution in [2.24, 2.45) is 5.73 Å². The third kappa shape index (κ3) is 6.63. The van der Waals surface area contributed by atoms with Crippen molar-refractivity contribution in [3.05, 3.63) is 0 Å². The van der Waals surface area contributed by atoms with E-state index in [0.717, 1.165) is 6.42 Å². The van der Waals surface area contributed by atoms with Crippen LogP contribution in [0.5, 0.6) is 0 Å². The predicted octanol–water partition coefficient (Wildman–Crippen LogP) is 1.26. The predicted molar refractivity (Wildman–Crippen MR) is 63.3 cm³/mol. The summed E-state index contributed by atoms with van der Waals surface area (Å²) in [6.07, 6.45) is 0.317. The molecule has 0 saturated heterocycles. The van der Waals surface area contributed by atoms with Gasteiger partial charge in [0, 0.05) is 19.7 Å². The summed E-state index contributed by atoms with van der Waals surface area (Å²) < 4.78 is 10.3. The van der Waals surface area contributed by atoms with Crippen LogP contribution in [0.4, 0.5) is 4.79 Å².